The average Bonchev–Trinajstić information content (AvgIpc) is 3.35. The van der Waals surface area contributed by atoms with E-state index in [1.807, 2.05) is 24.3 Å². The molecule has 0 aliphatic carbocycles. The molecule has 2 aromatic carbocycles. The fourth-order valence-corrected chi connectivity index (χ4v) is 5.52. The van der Waals surface area contributed by atoms with E-state index in [0.29, 0.717) is 17.0 Å². The average molecular weight is 700 g/mol. The topological polar surface area (TPSA) is 111 Å². The maximum absolute atomic E-state index is 16.3. The molecule has 0 N–H and O–H groups in total. The first-order valence-corrected chi connectivity index (χ1v) is 16.6. The van der Waals surface area contributed by atoms with Gasteiger partial charge in [0.25, 0.3) is 0 Å². The molecule has 1 amide bonds. The molecule has 274 valence electrons. The van der Waals surface area contributed by atoms with Crippen molar-refractivity contribution in [2.45, 2.75) is 97.3 Å². The van der Waals surface area contributed by atoms with Crippen LogP contribution in [-0.2, 0) is 35.0 Å². The highest BCUT2D eigenvalue weighted by Crippen LogP contribution is 2.38. The van der Waals surface area contributed by atoms with E-state index in [0.717, 1.165) is 5.56 Å². The summed E-state index contributed by atoms with van der Waals surface area (Å²) in [6, 6.07) is 10.5. The van der Waals surface area contributed by atoms with E-state index in [1.165, 1.54) is 18.1 Å². The minimum Gasteiger partial charge on any atom is -0.497 e. The van der Waals surface area contributed by atoms with Crippen molar-refractivity contribution < 1.29 is 51.9 Å². The lowest BCUT2D eigenvalue weighted by atomic mass is 9.97. The third-order valence-electron chi connectivity index (χ3n) is 8.21. The summed E-state index contributed by atoms with van der Waals surface area (Å²) in [5, 5.41) is 0. The predicted octanol–water partition coefficient (Wildman–Crippen LogP) is 7.61. The van der Waals surface area contributed by atoms with Crippen LogP contribution < -0.4 is 14.4 Å². The van der Waals surface area contributed by atoms with E-state index in [4.69, 9.17) is 37.9 Å². The van der Waals surface area contributed by atoms with Gasteiger partial charge < -0.3 is 37.9 Å². The Morgan fingerprint density at radius 3 is 2.42 bits per heavy atom. The first kappa shape index (κ1) is 38.8. The molecule has 0 aromatic heterocycles. The second-order valence-electron chi connectivity index (χ2n) is 13.9. The van der Waals surface area contributed by atoms with Crippen molar-refractivity contribution >= 4 is 23.8 Å². The van der Waals surface area contributed by atoms with E-state index in [1.54, 1.807) is 86.9 Å². The molecule has 0 spiro atoms. The number of nitrogens with zero attached hydrogens (tertiary/aromatic N) is 1. The number of amides is 1. The Hall–Kier alpha value is -3.97. The molecule has 11 nitrogen and oxygen atoms in total. The molecule has 5 atom stereocenters. The highest BCUT2D eigenvalue weighted by atomic mass is 19.1. The Morgan fingerprint density at radius 2 is 1.78 bits per heavy atom. The van der Waals surface area contributed by atoms with Crippen molar-refractivity contribution in [3.8, 4) is 11.5 Å². The van der Waals surface area contributed by atoms with Gasteiger partial charge in [-0.25, -0.2) is 14.0 Å². The van der Waals surface area contributed by atoms with Crippen LogP contribution in [0.4, 0.5) is 14.9 Å². The number of esters is 1. The molecule has 0 radical (unpaired) electrons. The van der Waals surface area contributed by atoms with Gasteiger partial charge in [0.2, 0.25) is 0 Å². The van der Waals surface area contributed by atoms with Gasteiger partial charge in [-0.2, -0.15) is 0 Å². The molecule has 50 heavy (non-hydrogen) atoms. The third kappa shape index (κ3) is 10.1. The molecule has 2 heterocycles. The third-order valence-corrected chi connectivity index (χ3v) is 8.21. The summed E-state index contributed by atoms with van der Waals surface area (Å²) in [6.45, 7) is 12.2. The van der Waals surface area contributed by atoms with Crippen LogP contribution in [-0.4, -0.2) is 75.9 Å². The number of carbonyl (C=O) groups is 2. The minimum absolute atomic E-state index is 0.100. The number of methoxy groups -OCH3 is 2. The molecule has 1 saturated heterocycles. The molecule has 2 aliphatic heterocycles. The van der Waals surface area contributed by atoms with Crippen molar-refractivity contribution in [1.82, 2.24) is 0 Å². The van der Waals surface area contributed by atoms with Gasteiger partial charge in [0.1, 0.15) is 46.8 Å². The Morgan fingerprint density at radius 1 is 1.08 bits per heavy atom. The summed E-state index contributed by atoms with van der Waals surface area (Å²) >= 11 is 0. The number of fused-ring (bicyclic) bond motifs is 2. The highest BCUT2D eigenvalue weighted by molar-refractivity contribution is 5.99. The van der Waals surface area contributed by atoms with Crippen molar-refractivity contribution in [1.29, 1.82) is 0 Å². The normalized spacial score (nSPS) is 25.5. The fraction of sp³-hybridized carbons (Fsp3) is 0.526. The Kier molecular flexibility index (Phi) is 12.7. The fourth-order valence-electron chi connectivity index (χ4n) is 5.52. The van der Waals surface area contributed by atoms with Crippen molar-refractivity contribution in [3.63, 3.8) is 0 Å². The quantitative estimate of drug-likeness (QED) is 0.202. The zero-order valence-corrected chi connectivity index (χ0v) is 30.6. The number of cyclic esters (lactones) is 1. The van der Waals surface area contributed by atoms with Gasteiger partial charge in [-0.15, -0.1) is 0 Å². The van der Waals surface area contributed by atoms with Crippen LogP contribution >= 0.6 is 0 Å². The summed E-state index contributed by atoms with van der Waals surface area (Å²) in [6.07, 6.45) is 1.26. The summed E-state index contributed by atoms with van der Waals surface area (Å²) < 4.78 is 62.9. The van der Waals surface area contributed by atoms with Gasteiger partial charge in [0, 0.05) is 26.1 Å². The van der Waals surface area contributed by atoms with Crippen LogP contribution in [0.25, 0.3) is 6.08 Å². The van der Waals surface area contributed by atoms with E-state index in [2.05, 4.69) is 0 Å². The summed E-state index contributed by atoms with van der Waals surface area (Å²) in [5.74, 6) is -2.03. The second kappa shape index (κ2) is 16.4. The van der Waals surface area contributed by atoms with Crippen LogP contribution in [0.5, 0.6) is 11.5 Å². The molecular formula is C38H50FNO10. The number of hydrogen-bond acceptors (Lipinski definition) is 10. The van der Waals surface area contributed by atoms with Crippen LogP contribution in [0.1, 0.15) is 76.4 Å². The van der Waals surface area contributed by atoms with Crippen LogP contribution in [0.2, 0.25) is 0 Å². The molecule has 2 aromatic rings. The van der Waals surface area contributed by atoms with E-state index >= 15 is 4.39 Å². The van der Waals surface area contributed by atoms with E-state index in [9.17, 15) is 9.59 Å². The SMILES string of the molecule is COCOc1cc(N(C)C(=O)OC(C)(C)C)cc2c1C(=O)O[C@@H](C)[C@H](C)/C=C(/F)[C@@H](OCc1ccc(OC)cc1)[C@H]1OC(C)(C)O[C@H]1C/C=C/2. The number of carbonyl (C=O) groups excluding carboxylic acids is 2. The molecule has 0 saturated carbocycles. The van der Waals surface area contributed by atoms with Crippen LogP contribution in [0.15, 0.2) is 54.4 Å². The maximum atomic E-state index is 16.3. The zero-order chi connectivity index (χ0) is 36.8. The van der Waals surface area contributed by atoms with Gasteiger partial charge in [0.05, 0.1) is 25.5 Å². The van der Waals surface area contributed by atoms with Crippen LogP contribution in [0.3, 0.4) is 0 Å². The lowest BCUT2D eigenvalue weighted by molar-refractivity contribution is -0.158. The maximum Gasteiger partial charge on any atom is 0.414 e. The summed E-state index contributed by atoms with van der Waals surface area (Å²) in [7, 11) is 4.60. The molecule has 2 aliphatic rings. The predicted molar refractivity (Wildman–Crippen MR) is 186 cm³/mol. The Balaban J connectivity index is 1.77. The number of rotatable bonds is 8. The summed E-state index contributed by atoms with van der Waals surface area (Å²) in [5.41, 5.74) is 1.01. The van der Waals surface area contributed by atoms with Gasteiger partial charge in [0.15, 0.2) is 12.6 Å². The second-order valence-corrected chi connectivity index (χ2v) is 13.9. The minimum atomic E-state index is -1.12. The molecule has 0 bridgehead atoms. The summed E-state index contributed by atoms with van der Waals surface area (Å²) in [4.78, 5) is 28.2. The highest BCUT2D eigenvalue weighted by Gasteiger charge is 2.47. The number of anilines is 1. The van der Waals surface area contributed by atoms with E-state index in [-0.39, 0.29) is 31.1 Å². The van der Waals surface area contributed by atoms with E-state index < -0.39 is 59.6 Å². The first-order chi connectivity index (χ1) is 23.5. The van der Waals surface area contributed by atoms with Crippen molar-refractivity contribution in [2.24, 2.45) is 5.92 Å². The number of benzene rings is 2. The number of ether oxygens (including phenoxy) is 8. The van der Waals surface area contributed by atoms with Gasteiger partial charge in [-0.1, -0.05) is 31.2 Å². The van der Waals surface area contributed by atoms with Gasteiger partial charge >= 0.3 is 12.1 Å². The molecule has 4 rings (SSSR count). The number of hydrogen-bond donors (Lipinski definition) is 0. The van der Waals surface area contributed by atoms with Crippen LogP contribution in [0, 0.1) is 5.92 Å². The van der Waals surface area contributed by atoms with Gasteiger partial charge in [-0.05, 0) is 83.4 Å². The Labute approximate surface area is 294 Å². The molecule has 12 heteroatoms. The standard InChI is InChI=1S/C38H50FNO10/c1-23-18-29(39)33(45-21-25-14-16-28(44-10)17-15-25)34-30(48-38(6,7)49-34)13-11-12-26-19-27(40(8)36(42)50-37(3,4)5)20-31(46-22-43-9)32(26)35(41)47-24(23)2/h11-12,14-20,23-24,30,33-34H,13,21-22H2,1-10H3/b12-11+,29-18+/t23-,24+,30+,33-,34+/m1/s1. The van der Waals surface area contributed by atoms with Crippen molar-refractivity contribution in [3.05, 3.63) is 71.1 Å². The molecular weight excluding hydrogens is 649 g/mol. The smallest absolute Gasteiger partial charge is 0.414 e. The molecule has 1 fully saturated rings. The lowest BCUT2D eigenvalue weighted by Gasteiger charge is -2.27. The zero-order valence-electron chi connectivity index (χ0n) is 30.6. The monoisotopic (exact) mass is 699 g/mol. The number of halogens is 1. The lowest BCUT2D eigenvalue weighted by Crippen LogP contribution is -2.38. The first-order valence-electron chi connectivity index (χ1n) is 16.6. The Bertz CT molecular complexity index is 1550. The largest absolute Gasteiger partial charge is 0.497 e. The van der Waals surface area contributed by atoms with Gasteiger partial charge in [-0.3, -0.25) is 4.90 Å². The molecule has 0 unspecified atom stereocenters. The van der Waals surface area contributed by atoms with Crippen molar-refractivity contribution in [2.75, 3.05) is 33.0 Å².